The first kappa shape index (κ1) is 35.9. The number of carbonyl (C=O) groups excluding carboxylic acids is 3. The zero-order valence-corrected chi connectivity index (χ0v) is 28.6. The van der Waals surface area contributed by atoms with E-state index in [4.69, 9.17) is 14.2 Å². The minimum absolute atomic E-state index is 0.0403. The molecule has 11 nitrogen and oxygen atoms in total. The quantitative estimate of drug-likeness (QED) is 0.168. The highest BCUT2D eigenvalue weighted by molar-refractivity contribution is 6.22. The van der Waals surface area contributed by atoms with Gasteiger partial charge in [0.15, 0.2) is 6.29 Å². The number of amides is 3. The van der Waals surface area contributed by atoms with Crippen molar-refractivity contribution in [3.8, 4) is 0 Å². The predicted octanol–water partition coefficient (Wildman–Crippen LogP) is 5.34. The molecule has 2 aliphatic rings. The Morgan fingerprint density at radius 1 is 0.902 bits per heavy atom. The molecule has 4 aromatic rings. The van der Waals surface area contributed by atoms with Gasteiger partial charge in [-0.15, -0.1) is 0 Å². The Hall–Kier alpha value is -4.91. The van der Waals surface area contributed by atoms with Crippen LogP contribution in [0.5, 0.6) is 0 Å². The van der Waals surface area contributed by atoms with Crippen molar-refractivity contribution in [3.63, 3.8) is 0 Å². The van der Waals surface area contributed by atoms with Crippen molar-refractivity contribution in [2.75, 3.05) is 18.5 Å². The number of alkyl carbamates (subject to hydrolysis) is 1. The van der Waals surface area contributed by atoms with E-state index in [1.54, 1.807) is 24.3 Å². The molecule has 1 unspecified atom stereocenters. The first-order valence-electron chi connectivity index (χ1n) is 17.1. The summed E-state index contributed by atoms with van der Waals surface area (Å²) in [4.78, 5) is 41.7. The van der Waals surface area contributed by atoms with Crippen LogP contribution in [0.2, 0.25) is 0 Å². The van der Waals surface area contributed by atoms with E-state index in [2.05, 4.69) is 10.2 Å². The highest BCUT2D eigenvalue weighted by atomic mass is 16.7. The number of ether oxygens (including phenoxy) is 3. The molecule has 11 heteroatoms. The molecule has 2 saturated heterocycles. The number of rotatable bonds is 12. The maximum atomic E-state index is 13.2. The summed E-state index contributed by atoms with van der Waals surface area (Å²) in [5, 5.41) is 23.1. The van der Waals surface area contributed by atoms with Gasteiger partial charge in [-0.2, -0.15) is 0 Å². The minimum atomic E-state index is -1.04. The third-order valence-electron chi connectivity index (χ3n) is 9.47. The molecule has 0 aliphatic carbocycles. The molecule has 6 atom stereocenters. The lowest BCUT2D eigenvalue weighted by Gasteiger charge is -2.39. The van der Waals surface area contributed by atoms with E-state index in [1.165, 1.54) is 0 Å². The number of nitrogens with one attached hydrogen (secondary N) is 1. The van der Waals surface area contributed by atoms with E-state index in [0.29, 0.717) is 24.2 Å². The van der Waals surface area contributed by atoms with E-state index in [0.717, 1.165) is 27.2 Å². The summed E-state index contributed by atoms with van der Waals surface area (Å²) < 4.78 is 18.2. The fourth-order valence-electron chi connectivity index (χ4n) is 6.39. The van der Waals surface area contributed by atoms with Crippen LogP contribution in [0.15, 0.2) is 109 Å². The average Bonchev–Trinajstić information content (AvgIpc) is 3.45. The number of imide groups is 1. The van der Waals surface area contributed by atoms with Crippen LogP contribution in [-0.2, 0) is 37.0 Å². The Morgan fingerprint density at radius 2 is 1.55 bits per heavy atom. The molecular weight excluding hydrogens is 650 g/mol. The zero-order valence-electron chi connectivity index (χ0n) is 28.6. The lowest BCUT2D eigenvalue weighted by Crippen LogP contribution is -2.43. The molecule has 4 aromatic carbocycles. The molecule has 0 spiro atoms. The van der Waals surface area contributed by atoms with Gasteiger partial charge in [0, 0.05) is 24.6 Å². The Kier molecular flexibility index (Phi) is 11.5. The van der Waals surface area contributed by atoms with E-state index < -0.39 is 36.3 Å². The van der Waals surface area contributed by atoms with Gasteiger partial charge >= 0.3 is 6.09 Å². The second-order valence-corrected chi connectivity index (χ2v) is 13.0. The summed E-state index contributed by atoms with van der Waals surface area (Å²) in [6, 6.07) is 31.9. The standard InChI is InChI=1S/C40H43N3O8/c1-26(37(46)30-11-7-4-8-12-30)42(2)23-33-21-35(29-15-13-27(24-44)14-16-29)51-39(50-33)31-17-19-32(20-18-31)43-36(45)22-34(38(43)47)41-40(48)49-25-28-9-5-3-6-10-28/h3-20,26,33-35,37,39,44,46H,21-25H2,1-2H3,(H,41,48)/t26-,33+,34?,35-,37-,39-/m0/s1. The largest absolute Gasteiger partial charge is 0.445 e. The summed E-state index contributed by atoms with van der Waals surface area (Å²) in [7, 11) is 1.96. The number of likely N-dealkylation sites (N-methyl/N-ethyl adjacent to an activating group) is 1. The lowest BCUT2D eigenvalue weighted by molar-refractivity contribution is -0.253. The van der Waals surface area contributed by atoms with Gasteiger partial charge in [0.25, 0.3) is 5.91 Å². The van der Waals surface area contributed by atoms with Crippen LogP contribution in [-0.4, -0.2) is 64.8 Å². The molecular formula is C40H43N3O8. The van der Waals surface area contributed by atoms with Crippen molar-refractivity contribution in [1.29, 1.82) is 0 Å². The van der Waals surface area contributed by atoms with Crippen LogP contribution >= 0.6 is 0 Å². The summed E-state index contributed by atoms with van der Waals surface area (Å²) in [5.41, 5.74) is 4.43. The highest BCUT2D eigenvalue weighted by Crippen LogP contribution is 2.39. The Balaban J connectivity index is 1.13. The van der Waals surface area contributed by atoms with E-state index in [9.17, 15) is 24.6 Å². The monoisotopic (exact) mass is 693 g/mol. The molecule has 2 aliphatic heterocycles. The fourth-order valence-corrected chi connectivity index (χ4v) is 6.39. The first-order chi connectivity index (χ1) is 24.7. The number of aliphatic hydroxyl groups is 2. The van der Waals surface area contributed by atoms with Crippen LogP contribution in [0.25, 0.3) is 0 Å². The average molecular weight is 694 g/mol. The van der Waals surface area contributed by atoms with Crippen LogP contribution in [0.3, 0.4) is 0 Å². The second kappa shape index (κ2) is 16.4. The van der Waals surface area contributed by atoms with Crippen molar-refractivity contribution in [2.24, 2.45) is 0 Å². The number of hydrogen-bond acceptors (Lipinski definition) is 9. The number of anilines is 1. The Labute approximate surface area is 297 Å². The van der Waals surface area contributed by atoms with Crippen molar-refractivity contribution in [3.05, 3.63) is 137 Å². The van der Waals surface area contributed by atoms with E-state index >= 15 is 0 Å². The summed E-state index contributed by atoms with van der Waals surface area (Å²) >= 11 is 0. The van der Waals surface area contributed by atoms with Gasteiger partial charge in [-0.1, -0.05) is 97.1 Å². The van der Waals surface area contributed by atoms with Crippen LogP contribution in [0, 0.1) is 0 Å². The first-order valence-corrected chi connectivity index (χ1v) is 17.1. The van der Waals surface area contributed by atoms with Crippen molar-refractivity contribution in [2.45, 2.75) is 69.7 Å². The minimum Gasteiger partial charge on any atom is -0.445 e. The Morgan fingerprint density at radius 3 is 2.22 bits per heavy atom. The molecule has 0 aromatic heterocycles. The normalized spacial score (nSPS) is 21.8. The van der Waals surface area contributed by atoms with Gasteiger partial charge in [-0.05, 0) is 48.4 Å². The number of hydrogen-bond donors (Lipinski definition) is 3. The molecule has 3 N–H and O–H groups in total. The van der Waals surface area contributed by atoms with Gasteiger partial charge in [-0.25, -0.2) is 9.69 Å². The molecule has 266 valence electrons. The van der Waals surface area contributed by atoms with Gasteiger partial charge in [0.2, 0.25) is 5.91 Å². The molecule has 51 heavy (non-hydrogen) atoms. The van der Waals surface area contributed by atoms with Crippen LogP contribution in [0.1, 0.15) is 66.1 Å². The maximum Gasteiger partial charge on any atom is 0.408 e. The van der Waals surface area contributed by atoms with E-state index in [1.807, 2.05) is 98.9 Å². The van der Waals surface area contributed by atoms with Gasteiger partial charge in [0.05, 0.1) is 37.0 Å². The van der Waals surface area contributed by atoms with Gasteiger partial charge in [0.1, 0.15) is 12.6 Å². The number of nitrogens with zero attached hydrogens (tertiary/aromatic N) is 2. The predicted molar refractivity (Wildman–Crippen MR) is 189 cm³/mol. The third-order valence-corrected chi connectivity index (χ3v) is 9.47. The number of benzene rings is 4. The molecule has 0 saturated carbocycles. The lowest BCUT2D eigenvalue weighted by atomic mass is 9.98. The van der Waals surface area contributed by atoms with Crippen molar-refractivity contribution < 1.29 is 38.8 Å². The summed E-state index contributed by atoms with van der Waals surface area (Å²) in [6.45, 7) is 2.48. The summed E-state index contributed by atoms with van der Waals surface area (Å²) in [6.07, 6.45) is -2.44. The molecule has 2 heterocycles. The number of carbonyl (C=O) groups is 3. The third kappa shape index (κ3) is 8.70. The molecule has 0 bridgehead atoms. The van der Waals surface area contributed by atoms with Crippen LogP contribution in [0.4, 0.5) is 10.5 Å². The van der Waals surface area contributed by atoms with Crippen molar-refractivity contribution in [1.82, 2.24) is 10.2 Å². The number of aliphatic hydroxyl groups excluding tert-OH is 2. The molecule has 0 radical (unpaired) electrons. The molecule has 6 rings (SSSR count). The Bertz CT molecular complexity index is 1770. The molecule has 2 fully saturated rings. The topological polar surface area (TPSA) is 138 Å². The van der Waals surface area contributed by atoms with Crippen molar-refractivity contribution >= 4 is 23.6 Å². The smallest absolute Gasteiger partial charge is 0.408 e. The molecule has 3 amide bonds. The van der Waals surface area contributed by atoms with Gasteiger partial charge in [-0.3, -0.25) is 14.5 Å². The zero-order chi connectivity index (χ0) is 35.9. The fraction of sp³-hybridized carbons (Fsp3) is 0.325. The summed E-state index contributed by atoms with van der Waals surface area (Å²) in [5.74, 6) is -0.983. The highest BCUT2D eigenvalue weighted by Gasteiger charge is 2.41. The second-order valence-electron chi connectivity index (χ2n) is 13.0. The van der Waals surface area contributed by atoms with E-state index in [-0.39, 0.29) is 37.9 Å². The van der Waals surface area contributed by atoms with Crippen LogP contribution < -0.4 is 10.2 Å². The van der Waals surface area contributed by atoms with Gasteiger partial charge < -0.3 is 29.7 Å². The maximum absolute atomic E-state index is 13.2. The SMILES string of the molecule is C[C@@H]([C@H](O)c1ccccc1)N(C)C[C@H]1C[C@@H](c2ccc(CO)cc2)O[C@@H](c2ccc(N3C(=O)CC(NC(=O)OCc4ccccc4)C3=O)cc2)O1.